The fourth-order valence-corrected chi connectivity index (χ4v) is 2.80. The molecule has 0 bridgehead atoms. The first-order valence-corrected chi connectivity index (χ1v) is 9.14. The molecule has 0 aliphatic heterocycles. The number of esters is 1. The van der Waals surface area contributed by atoms with Crippen LogP contribution in [0, 0.1) is 6.92 Å². The van der Waals surface area contributed by atoms with Crippen LogP contribution < -0.4 is 4.74 Å². The Bertz CT molecular complexity index is 998. The molecule has 7 heteroatoms. The fourth-order valence-electron chi connectivity index (χ4n) is 2.80. The second kappa shape index (κ2) is 9.05. The molecule has 7 nitrogen and oxygen atoms in total. The number of likely N-dealkylation sites (N-methyl/N-ethyl adjacent to an activating group) is 1. The molecule has 1 aromatic heterocycles. The summed E-state index contributed by atoms with van der Waals surface area (Å²) in [5, 5.41) is 4.25. The van der Waals surface area contributed by atoms with E-state index in [-0.39, 0.29) is 24.0 Å². The number of aryl methyl sites for hydroxylation is 1. The predicted molar refractivity (Wildman–Crippen MR) is 108 cm³/mol. The van der Waals surface area contributed by atoms with Gasteiger partial charge in [-0.15, -0.1) is 0 Å². The molecule has 0 aliphatic rings. The van der Waals surface area contributed by atoms with E-state index in [9.17, 15) is 9.59 Å². The molecule has 0 N–H and O–H groups in total. The van der Waals surface area contributed by atoms with Gasteiger partial charge in [-0.25, -0.2) is 9.48 Å². The molecule has 0 fully saturated rings. The average Bonchev–Trinajstić information content (AvgIpc) is 3.18. The molecule has 1 heterocycles. The Balaban J connectivity index is 1.63. The van der Waals surface area contributed by atoms with E-state index < -0.39 is 5.97 Å². The summed E-state index contributed by atoms with van der Waals surface area (Å²) in [6, 6.07) is 17.2. The van der Waals surface area contributed by atoms with Crippen LogP contribution >= 0.6 is 0 Å². The van der Waals surface area contributed by atoms with Crippen molar-refractivity contribution in [3.63, 3.8) is 0 Å². The Hall–Kier alpha value is -3.61. The van der Waals surface area contributed by atoms with Crippen molar-refractivity contribution in [3.05, 3.63) is 77.6 Å². The first-order valence-electron chi connectivity index (χ1n) is 9.14. The molecular formula is C22H23N3O4. The highest BCUT2D eigenvalue weighted by atomic mass is 16.5. The highest BCUT2D eigenvalue weighted by Gasteiger charge is 2.21. The maximum absolute atomic E-state index is 12.5. The summed E-state index contributed by atoms with van der Waals surface area (Å²) in [7, 11) is 3.12. The Morgan fingerprint density at radius 3 is 2.45 bits per heavy atom. The summed E-state index contributed by atoms with van der Waals surface area (Å²) in [5.74, 6) is -0.739. The molecule has 0 atom stereocenters. The van der Waals surface area contributed by atoms with Gasteiger partial charge < -0.3 is 14.4 Å². The van der Waals surface area contributed by atoms with Crippen LogP contribution in [0.25, 0.3) is 5.69 Å². The van der Waals surface area contributed by atoms with E-state index >= 15 is 0 Å². The van der Waals surface area contributed by atoms with Crippen molar-refractivity contribution in [1.29, 1.82) is 0 Å². The standard InChI is InChI=1S/C22H23N3O4/c1-16-9-7-8-10-17(16)13-24(2)20(26)15-29-22(27)21-19(28-3)14-25(23-21)18-11-5-4-6-12-18/h4-12,14H,13,15H2,1-3H3. The molecule has 1 amide bonds. The number of rotatable bonds is 7. The summed E-state index contributed by atoms with van der Waals surface area (Å²) >= 11 is 0. The van der Waals surface area contributed by atoms with Gasteiger partial charge in [-0.3, -0.25) is 4.79 Å². The third-order valence-electron chi connectivity index (χ3n) is 4.54. The fraction of sp³-hybridized carbons (Fsp3) is 0.227. The number of amides is 1. The Kier molecular flexibility index (Phi) is 6.29. The van der Waals surface area contributed by atoms with Crippen LogP contribution in [0.3, 0.4) is 0 Å². The molecule has 0 aliphatic carbocycles. The first kappa shape index (κ1) is 20.1. The number of benzene rings is 2. The van der Waals surface area contributed by atoms with E-state index in [4.69, 9.17) is 9.47 Å². The Labute approximate surface area is 169 Å². The van der Waals surface area contributed by atoms with Crippen molar-refractivity contribution in [3.8, 4) is 11.4 Å². The highest BCUT2D eigenvalue weighted by Crippen LogP contribution is 2.20. The molecule has 0 spiro atoms. The van der Waals surface area contributed by atoms with Crippen LogP contribution in [0.1, 0.15) is 21.6 Å². The number of carbonyl (C=O) groups excluding carboxylic acids is 2. The molecule has 0 saturated heterocycles. The molecule has 0 radical (unpaired) electrons. The molecule has 3 aromatic rings. The first-order chi connectivity index (χ1) is 14.0. The smallest absolute Gasteiger partial charge is 0.363 e. The van der Waals surface area contributed by atoms with E-state index in [0.717, 1.165) is 16.8 Å². The number of para-hydroxylation sites is 1. The van der Waals surface area contributed by atoms with Crippen LogP contribution in [0.2, 0.25) is 0 Å². The zero-order chi connectivity index (χ0) is 20.8. The Morgan fingerprint density at radius 2 is 1.76 bits per heavy atom. The zero-order valence-electron chi connectivity index (χ0n) is 16.7. The summed E-state index contributed by atoms with van der Waals surface area (Å²) in [5.41, 5.74) is 2.93. The molecule has 0 unspecified atom stereocenters. The largest absolute Gasteiger partial charge is 0.493 e. The van der Waals surface area contributed by atoms with Crippen molar-refractivity contribution < 1.29 is 19.1 Å². The SMILES string of the molecule is COc1cn(-c2ccccc2)nc1C(=O)OCC(=O)N(C)Cc1ccccc1C. The number of hydrogen-bond acceptors (Lipinski definition) is 5. The highest BCUT2D eigenvalue weighted by molar-refractivity contribution is 5.92. The van der Waals surface area contributed by atoms with E-state index in [2.05, 4.69) is 5.10 Å². The number of nitrogens with zero attached hydrogens (tertiary/aromatic N) is 3. The maximum atomic E-state index is 12.5. The molecule has 0 saturated carbocycles. The van der Waals surface area contributed by atoms with Gasteiger partial charge in [0, 0.05) is 13.6 Å². The van der Waals surface area contributed by atoms with E-state index in [1.807, 2.05) is 61.5 Å². The number of carbonyl (C=O) groups is 2. The van der Waals surface area contributed by atoms with Gasteiger partial charge in [0.1, 0.15) is 0 Å². The van der Waals surface area contributed by atoms with Gasteiger partial charge in [0.2, 0.25) is 5.69 Å². The van der Waals surface area contributed by atoms with Gasteiger partial charge in [0.15, 0.2) is 12.4 Å². The predicted octanol–water partition coefficient (Wildman–Crippen LogP) is 3.00. The minimum absolute atomic E-state index is 0.0192. The molecule has 150 valence electrons. The van der Waals surface area contributed by atoms with Crippen LogP contribution in [-0.2, 0) is 16.1 Å². The summed E-state index contributed by atoms with van der Waals surface area (Å²) in [6.07, 6.45) is 1.60. The summed E-state index contributed by atoms with van der Waals surface area (Å²) < 4.78 is 11.9. The third kappa shape index (κ3) is 4.82. The van der Waals surface area contributed by atoms with E-state index in [1.165, 1.54) is 16.7 Å². The molecule has 2 aromatic carbocycles. The molecule has 29 heavy (non-hydrogen) atoms. The van der Waals surface area contributed by atoms with Crippen LogP contribution in [0.15, 0.2) is 60.8 Å². The second-order valence-electron chi connectivity index (χ2n) is 6.58. The van der Waals surface area contributed by atoms with Gasteiger partial charge in [-0.05, 0) is 30.2 Å². The lowest BCUT2D eigenvalue weighted by Crippen LogP contribution is -2.31. The lowest BCUT2D eigenvalue weighted by molar-refractivity contribution is -0.133. The topological polar surface area (TPSA) is 73.7 Å². The van der Waals surface area contributed by atoms with Crippen molar-refractivity contribution in [2.45, 2.75) is 13.5 Å². The number of hydrogen-bond donors (Lipinski definition) is 0. The van der Waals surface area contributed by atoms with E-state index in [1.54, 1.807) is 13.2 Å². The Morgan fingerprint density at radius 1 is 1.07 bits per heavy atom. The minimum atomic E-state index is -0.714. The van der Waals surface area contributed by atoms with Gasteiger partial charge in [-0.1, -0.05) is 42.5 Å². The maximum Gasteiger partial charge on any atom is 0.363 e. The minimum Gasteiger partial charge on any atom is -0.493 e. The zero-order valence-corrected chi connectivity index (χ0v) is 16.7. The lowest BCUT2D eigenvalue weighted by atomic mass is 10.1. The van der Waals surface area contributed by atoms with Crippen molar-refractivity contribution in [2.75, 3.05) is 20.8 Å². The number of ether oxygens (including phenoxy) is 2. The quantitative estimate of drug-likeness (QED) is 0.577. The van der Waals surface area contributed by atoms with Crippen LogP contribution in [0.5, 0.6) is 5.75 Å². The molecular weight excluding hydrogens is 370 g/mol. The van der Waals surface area contributed by atoms with Gasteiger partial charge in [-0.2, -0.15) is 5.10 Å². The summed E-state index contributed by atoms with van der Waals surface area (Å²) in [6.45, 7) is 2.06. The van der Waals surface area contributed by atoms with Crippen LogP contribution in [0.4, 0.5) is 0 Å². The van der Waals surface area contributed by atoms with Gasteiger partial charge in [0.25, 0.3) is 5.91 Å². The third-order valence-corrected chi connectivity index (χ3v) is 4.54. The second-order valence-corrected chi connectivity index (χ2v) is 6.58. The molecule has 3 rings (SSSR count). The van der Waals surface area contributed by atoms with Gasteiger partial charge in [0.05, 0.1) is 19.0 Å². The number of methoxy groups -OCH3 is 1. The van der Waals surface area contributed by atoms with Crippen molar-refractivity contribution in [2.24, 2.45) is 0 Å². The summed E-state index contributed by atoms with van der Waals surface area (Å²) in [4.78, 5) is 26.4. The lowest BCUT2D eigenvalue weighted by Gasteiger charge is -2.18. The normalized spacial score (nSPS) is 10.4. The van der Waals surface area contributed by atoms with E-state index in [0.29, 0.717) is 6.54 Å². The monoisotopic (exact) mass is 393 g/mol. The average molecular weight is 393 g/mol. The van der Waals surface area contributed by atoms with Crippen molar-refractivity contribution >= 4 is 11.9 Å². The van der Waals surface area contributed by atoms with Crippen LogP contribution in [-0.4, -0.2) is 47.3 Å². The number of aromatic nitrogens is 2. The van der Waals surface area contributed by atoms with Gasteiger partial charge >= 0.3 is 5.97 Å². The van der Waals surface area contributed by atoms with Crippen molar-refractivity contribution in [1.82, 2.24) is 14.7 Å².